The summed E-state index contributed by atoms with van der Waals surface area (Å²) in [5, 5.41) is 5.17. The summed E-state index contributed by atoms with van der Waals surface area (Å²) in [7, 11) is 1.65. The molecule has 0 fully saturated rings. The highest BCUT2D eigenvalue weighted by Crippen LogP contribution is 2.25. The highest BCUT2D eigenvalue weighted by Gasteiger charge is 2.25. The van der Waals surface area contributed by atoms with E-state index in [1.54, 1.807) is 7.11 Å². The first-order chi connectivity index (χ1) is 11.2. The molecule has 1 aromatic heterocycles. The highest BCUT2D eigenvalue weighted by atomic mass is 32.1. The van der Waals surface area contributed by atoms with Crippen LogP contribution in [0.5, 0.6) is 5.75 Å². The van der Waals surface area contributed by atoms with E-state index in [1.807, 2.05) is 42.5 Å². The molecular formula is C18H22N2O2S. The van der Waals surface area contributed by atoms with Gasteiger partial charge in [-0.2, -0.15) is 0 Å². The summed E-state index contributed by atoms with van der Waals surface area (Å²) < 4.78 is 5.32. The molecule has 5 heteroatoms. The number of carbonyl (C=O) groups excluding carboxylic acids is 1. The van der Waals surface area contributed by atoms with E-state index in [9.17, 15) is 4.79 Å². The van der Waals surface area contributed by atoms with Crippen LogP contribution in [0.4, 0.5) is 0 Å². The van der Waals surface area contributed by atoms with Crippen molar-refractivity contribution >= 4 is 17.2 Å². The fourth-order valence-corrected chi connectivity index (χ4v) is 3.84. The van der Waals surface area contributed by atoms with Crippen molar-refractivity contribution in [1.82, 2.24) is 10.2 Å². The maximum Gasteiger partial charge on any atom is 0.237 e. The average Bonchev–Trinajstić information content (AvgIpc) is 3.06. The van der Waals surface area contributed by atoms with Crippen molar-refractivity contribution in [2.24, 2.45) is 0 Å². The van der Waals surface area contributed by atoms with Crippen LogP contribution >= 0.6 is 11.3 Å². The van der Waals surface area contributed by atoms with Crippen LogP contribution < -0.4 is 10.1 Å². The molecule has 122 valence electrons. The maximum atomic E-state index is 12.5. The molecule has 1 aliphatic heterocycles. The Kier molecular flexibility index (Phi) is 4.98. The minimum absolute atomic E-state index is 0.0644. The van der Waals surface area contributed by atoms with Crippen molar-refractivity contribution in [2.75, 3.05) is 13.7 Å². The smallest absolute Gasteiger partial charge is 0.237 e. The Labute approximate surface area is 141 Å². The number of methoxy groups -OCH3 is 1. The van der Waals surface area contributed by atoms with Gasteiger partial charge in [0, 0.05) is 30.1 Å². The van der Waals surface area contributed by atoms with Crippen molar-refractivity contribution < 1.29 is 9.53 Å². The van der Waals surface area contributed by atoms with Crippen LogP contribution in [0.15, 0.2) is 35.7 Å². The largest absolute Gasteiger partial charge is 0.496 e. The Morgan fingerprint density at radius 3 is 3.04 bits per heavy atom. The van der Waals surface area contributed by atoms with E-state index in [0.717, 1.165) is 30.8 Å². The van der Waals surface area contributed by atoms with Crippen molar-refractivity contribution in [3.05, 3.63) is 51.7 Å². The molecule has 2 heterocycles. The van der Waals surface area contributed by atoms with E-state index in [2.05, 4.69) is 21.7 Å². The Balaban J connectivity index is 1.58. The number of thiophene rings is 1. The molecule has 3 rings (SSSR count). The fraction of sp³-hybridized carbons (Fsp3) is 0.389. The van der Waals surface area contributed by atoms with Gasteiger partial charge in [-0.3, -0.25) is 9.69 Å². The molecule has 0 saturated heterocycles. The third-order valence-corrected chi connectivity index (χ3v) is 5.43. The molecule has 4 nitrogen and oxygen atoms in total. The van der Waals surface area contributed by atoms with Gasteiger partial charge in [0.15, 0.2) is 0 Å². The van der Waals surface area contributed by atoms with Crippen molar-refractivity contribution in [2.45, 2.75) is 32.5 Å². The van der Waals surface area contributed by atoms with Crippen LogP contribution in [-0.4, -0.2) is 30.5 Å². The van der Waals surface area contributed by atoms with E-state index in [1.165, 1.54) is 10.4 Å². The van der Waals surface area contributed by atoms with E-state index in [-0.39, 0.29) is 11.9 Å². The summed E-state index contributed by atoms with van der Waals surface area (Å²) in [5.74, 6) is 0.871. The van der Waals surface area contributed by atoms with Gasteiger partial charge >= 0.3 is 0 Å². The minimum atomic E-state index is -0.127. The molecule has 1 aromatic carbocycles. The number of para-hydroxylation sites is 1. The fourth-order valence-electron chi connectivity index (χ4n) is 2.95. The van der Waals surface area contributed by atoms with E-state index >= 15 is 0 Å². The molecule has 0 unspecified atom stereocenters. The zero-order valence-electron chi connectivity index (χ0n) is 13.5. The second kappa shape index (κ2) is 7.15. The van der Waals surface area contributed by atoms with E-state index in [4.69, 9.17) is 4.74 Å². The van der Waals surface area contributed by atoms with Gasteiger partial charge < -0.3 is 10.1 Å². The predicted octanol–water partition coefficient (Wildman–Crippen LogP) is 2.82. The molecule has 0 spiro atoms. The van der Waals surface area contributed by atoms with Gasteiger partial charge in [0.25, 0.3) is 0 Å². The Hall–Kier alpha value is -1.85. The Morgan fingerprint density at radius 1 is 1.39 bits per heavy atom. The van der Waals surface area contributed by atoms with Gasteiger partial charge in [-0.25, -0.2) is 0 Å². The van der Waals surface area contributed by atoms with Gasteiger partial charge in [0.2, 0.25) is 5.91 Å². The zero-order chi connectivity index (χ0) is 16.2. The maximum absolute atomic E-state index is 12.5. The van der Waals surface area contributed by atoms with Gasteiger partial charge in [-0.05, 0) is 36.4 Å². The quantitative estimate of drug-likeness (QED) is 0.916. The molecule has 2 aromatic rings. The zero-order valence-corrected chi connectivity index (χ0v) is 14.4. The number of ether oxygens (including phenoxy) is 1. The third kappa shape index (κ3) is 3.57. The van der Waals surface area contributed by atoms with Gasteiger partial charge in [0.1, 0.15) is 5.75 Å². The van der Waals surface area contributed by atoms with Crippen LogP contribution in [0.1, 0.15) is 22.9 Å². The molecule has 0 radical (unpaired) electrons. The number of benzene rings is 1. The number of hydrogen-bond donors (Lipinski definition) is 1. The van der Waals surface area contributed by atoms with Crippen LogP contribution in [-0.2, 0) is 24.3 Å². The van der Waals surface area contributed by atoms with Crippen molar-refractivity contribution in [1.29, 1.82) is 0 Å². The van der Waals surface area contributed by atoms with Crippen LogP contribution in [0.2, 0.25) is 0 Å². The lowest BCUT2D eigenvalue weighted by Gasteiger charge is -2.31. The number of hydrogen-bond acceptors (Lipinski definition) is 4. The lowest BCUT2D eigenvalue weighted by molar-refractivity contribution is -0.126. The number of carbonyl (C=O) groups is 1. The first-order valence-corrected chi connectivity index (χ1v) is 8.76. The molecule has 1 N–H and O–H groups in total. The molecule has 1 amide bonds. The Morgan fingerprint density at radius 2 is 2.22 bits per heavy atom. The number of nitrogens with one attached hydrogen (secondary N) is 1. The predicted molar refractivity (Wildman–Crippen MR) is 92.7 cm³/mol. The summed E-state index contributed by atoms with van der Waals surface area (Å²) in [6, 6.07) is 9.81. The normalized spacial score (nSPS) is 15.7. The summed E-state index contributed by atoms with van der Waals surface area (Å²) in [6.07, 6.45) is 1.04. The summed E-state index contributed by atoms with van der Waals surface area (Å²) in [4.78, 5) is 16.2. The second-order valence-corrected chi connectivity index (χ2v) is 6.80. The number of amides is 1. The lowest BCUT2D eigenvalue weighted by atomic mass is 10.1. The van der Waals surface area contributed by atoms with Gasteiger partial charge in [-0.15, -0.1) is 11.3 Å². The first-order valence-electron chi connectivity index (χ1n) is 7.88. The number of rotatable bonds is 5. The molecular weight excluding hydrogens is 308 g/mol. The van der Waals surface area contributed by atoms with Gasteiger partial charge in [-0.1, -0.05) is 18.2 Å². The first kappa shape index (κ1) is 16.0. The highest BCUT2D eigenvalue weighted by molar-refractivity contribution is 7.10. The lowest BCUT2D eigenvalue weighted by Crippen LogP contribution is -2.46. The minimum Gasteiger partial charge on any atom is -0.496 e. The second-order valence-electron chi connectivity index (χ2n) is 5.80. The molecule has 1 atom stereocenters. The van der Waals surface area contributed by atoms with Crippen molar-refractivity contribution in [3.8, 4) is 5.75 Å². The monoisotopic (exact) mass is 330 g/mol. The molecule has 0 aliphatic carbocycles. The number of nitrogens with zero attached hydrogens (tertiary/aromatic N) is 1. The van der Waals surface area contributed by atoms with Crippen LogP contribution in [0, 0.1) is 0 Å². The van der Waals surface area contributed by atoms with Crippen molar-refractivity contribution in [3.63, 3.8) is 0 Å². The SMILES string of the molecule is COc1ccccc1CNC(=O)[C@@H](C)N1CCc2sccc2C1. The molecule has 0 saturated carbocycles. The summed E-state index contributed by atoms with van der Waals surface area (Å²) in [6.45, 7) is 4.28. The van der Waals surface area contributed by atoms with Crippen LogP contribution in [0.3, 0.4) is 0 Å². The molecule has 1 aliphatic rings. The summed E-state index contributed by atoms with van der Waals surface area (Å²) >= 11 is 1.82. The topological polar surface area (TPSA) is 41.6 Å². The van der Waals surface area contributed by atoms with Gasteiger partial charge in [0.05, 0.1) is 13.2 Å². The third-order valence-electron chi connectivity index (χ3n) is 4.41. The van der Waals surface area contributed by atoms with Crippen LogP contribution in [0.25, 0.3) is 0 Å². The van der Waals surface area contributed by atoms with E-state index < -0.39 is 0 Å². The summed E-state index contributed by atoms with van der Waals surface area (Å²) in [5.41, 5.74) is 2.36. The average molecular weight is 330 g/mol. The Bertz CT molecular complexity index is 683. The van der Waals surface area contributed by atoms with E-state index in [0.29, 0.717) is 6.54 Å². The number of fused-ring (bicyclic) bond motifs is 1. The molecule has 0 bridgehead atoms. The molecule has 23 heavy (non-hydrogen) atoms. The standard InChI is InChI=1S/C18H22N2O2S/c1-13(20-9-7-17-15(12-20)8-10-23-17)18(21)19-11-14-5-3-4-6-16(14)22-2/h3-6,8,10,13H,7,9,11-12H2,1-2H3,(H,19,21)/t13-/m1/s1.